The smallest absolute Gasteiger partial charge is 0.414 e. The highest BCUT2D eigenvalue weighted by Crippen LogP contribution is 1.56. The Labute approximate surface area is 43.5 Å². The second-order valence-electron chi connectivity index (χ2n) is 0.610. The van der Waals surface area contributed by atoms with Crippen molar-refractivity contribution >= 4 is 11.9 Å². The SMILES string of the molecule is O=C(O)C(=O)O.OO. The van der Waals surface area contributed by atoms with E-state index in [-0.39, 0.29) is 0 Å². The zero-order valence-corrected chi connectivity index (χ0v) is 3.61. The van der Waals surface area contributed by atoms with Gasteiger partial charge in [-0.1, -0.05) is 0 Å². The summed E-state index contributed by atoms with van der Waals surface area (Å²) < 4.78 is 0. The number of rotatable bonds is 0. The first-order chi connectivity index (χ1) is 3.64. The number of carboxylic acid groups (broad SMARTS) is 2. The summed E-state index contributed by atoms with van der Waals surface area (Å²) >= 11 is 0. The predicted octanol–water partition coefficient (Wildman–Crippen LogP) is -0.827. The van der Waals surface area contributed by atoms with Crippen molar-refractivity contribution in [2.75, 3.05) is 0 Å². The number of carboxylic acids is 2. The van der Waals surface area contributed by atoms with Gasteiger partial charge in [0, 0.05) is 0 Å². The van der Waals surface area contributed by atoms with Crippen molar-refractivity contribution in [3.05, 3.63) is 0 Å². The normalized spacial score (nSPS) is 6.25. The van der Waals surface area contributed by atoms with Crippen molar-refractivity contribution in [2.45, 2.75) is 0 Å². The van der Waals surface area contributed by atoms with E-state index in [2.05, 4.69) is 0 Å². The molecule has 0 amide bonds. The molecule has 8 heavy (non-hydrogen) atoms. The van der Waals surface area contributed by atoms with Crippen LogP contribution in [-0.4, -0.2) is 32.7 Å². The third-order valence-corrected chi connectivity index (χ3v) is 0.183. The lowest BCUT2D eigenvalue weighted by Gasteiger charge is -1.72. The van der Waals surface area contributed by atoms with Crippen LogP contribution in [0.3, 0.4) is 0 Å². The maximum Gasteiger partial charge on any atom is 0.414 e. The van der Waals surface area contributed by atoms with Crippen molar-refractivity contribution in [2.24, 2.45) is 0 Å². The Morgan fingerprint density at radius 1 is 0.875 bits per heavy atom. The van der Waals surface area contributed by atoms with Gasteiger partial charge in [0.25, 0.3) is 0 Å². The average molecular weight is 124 g/mol. The van der Waals surface area contributed by atoms with Crippen LogP contribution < -0.4 is 0 Å². The first kappa shape index (κ1) is 9.97. The zero-order chi connectivity index (χ0) is 7.15. The molecule has 0 radical (unpaired) electrons. The Hall–Kier alpha value is -1.14. The Bertz CT molecular complexity index is 72.5. The minimum Gasteiger partial charge on any atom is -0.473 e. The summed E-state index contributed by atoms with van der Waals surface area (Å²) in [5.41, 5.74) is 0. The fourth-order valence-electron chi connectivity index (χ4n) is 0. The van der Waals surface area contributed by atoms with Gasteiger partial charge in [-0.2, -0.15) is 0 Å². The maximum absolute atomic E-state index is 9.10. The first-order valence-electron chi connectivity index (χ1n) is 1.31. The van der Waals surface area contributed by atoms with Crippen molar-refractivity contribution in [1.29, 1.82) is 0 Å². The molecule has 0 aliphatic carbocycles. The Morgan fingerprint density at radius 3 is 1.00 bits per heavy atom. The quantitative estimate of drug-likeness (QED) is 0.190. The van der Waals surface area contributed by atoms with Gasteiger partial charge in [0.15, 0.2) is 0 Å². The summed E-state index contributed by atoms with van der Waals surface area (Å²) in [6, 6.07) is 0. The van der Waals surface area contributed by atoms with Gasteiger partial charge in [0.05, 0.1) is 0 Å². The van der Waals surface area contributed by atoms with Crippen LogP contribution in [0.15, 0.2) is 0 Å². The van der Waals surface area contributed by atoms with Gasteiger partial charge in [-0.25, -0.2) is 9.59 Å². The largest absolute Gasteiger partial charge is 0.473 e. The molecule has 0 fully saturated rings. The van der Waals surface area contributed by atoms with Gasteiger partial charge in [0.2, 0.25) is 0 Å². The van der Waals surface area contributed by atoms with Crippen molar-refractivity contribution < 1.29 is 30.3 Å². The molecule has 0 aliphatic heterocycles. The van der Waals surface area contributed by atoms with Crippen molar-refractivity contribution in [3.63, 3.8) is 0 Å². The van der Waals surface area contributed by atoms with Gasteiger partial charge >= 0.3 is 11.9 Å². The lowest BCUT2D eigenvalue weighted by molar-refractivity contribution is -0.176. The molecule has 0 aliphatic rings. The van der Waals surface area contributed by atoms with Crippen LogP contribution in [0.4, 0.5) is 0 Å². The van der Waals surface area contributed by atoms with E-state index in [1.54, 1.807) is 0 Å². The fourth-order valence-corrected chi connectivity index (χ4v) is 0. The van der Waals surface area contributed by atoms with Gasteiger partial charge < -0.3 is 10.2 Å². The molecular formula is C2H4O6. The van der Waals surface area contributed by atoms with Crippen LogP contribution in [-0.2, 0) is 9.59 Å². The number of hydrogen-bond acceptors (Lipinski definition) is 4. The van der Waals surface area contributed by atoms with Crippen molar-refractivity contribution in [1.82, 2.24) is 0 Å². The molecule has 6 nitrogen and oxygen atoms in total. The van der Waals surface area contributed by atoms with Crippen LogP contribution >= 0.6 is 0 Å². The molecule has 0 heterocycles. The highest BCUT2D eigenvalue weighted by molar-refractivity contribution is 6.27. The van der Waals surface area contributed by atoms with E-state index in [1.807, 2.05) is 0 Å². The molecule has 0 spiro atoms. The van der Waals surface area contributed by atoms with E-state index in [1.165, 1.54) is 0 Å². The molecule has 48 valence electrons. The molecule has 0 rings (SSSR count). The predicted molar refractivity (Wildman–Crippen MR) is 20.5 cm³/mol. The summed E-state index contributed by atoms with van der Waals surface area (Å²) in [7, 11) is 0. The summed E-state index contributed by atoms with van der Waals surface area (Å²) in [6.07, 6.45) is 0. The Balaban J connectivity index is 0. The van der Waals surface area contributed by atoms with Crippen LogP contribution in [0.5, 0.6) is 0 Å². The number of carbonyl (C=O) groups is 2. The number of aliphatic carboxylic acids is 2. The van der Waals surface area contributed by atoms with E-state index >= 15 is 0 Å². The third-order valence-electron chi connectivity index (χ3n) is 0.183. The first-order valence-corrected chi connectivity index (χ1v) is 1.31. The molecule has 6 heteroatoms. The van der Waals surface area contributed by atoms with E-state index in [0.29, 0.717) is 0 Å². The van der Waals surface area contributed by atoms with E-state index in [0.717, 1.165) is 0 Å². The molecule has 0 atom stereocenters. The third kappa shape index (κ3) is 8.85. The molecule has 0 aromatic heterocycles. The van der Waals surface area contributed by atoms with E-state index < -0.39 is 11.9 Å². The minimum absolute atomic E-state index is 1.82. The molecule has 0 saturated heterocycles. The molecule has 0 aromatic rings. The summed E-state index contributed by atoms with van der Waals surface area (Å²) in [4.78, 5) is 18.2. The van der Waals surface area contributed by atoms with E-state index in [4.69, 9.17) is 30.3 Å². The Morgan fingerprint density at radius 2 is 1.00 bits per heavy atom. The molecule has 0 aromatic carbocycles. The highest BCUT2D eigenvalue weighted by atomic mass is 17.0. The minimum atomic E-state index is -1.82. The molecule has 0 bridgehead atoms. The molecule has 4 N–H and O–H groups in total. The molecule has 0 unspecified atom stereocenters. The molecular weight excluding hydrogens is 120 g/mol. The highest BCUT2D eigenvalue weighted by Gasteiger charge is 2.04. The summed E-state index contributed by atoms with van der Waals surface area (Å²) in [5, 5.41) is 26.8. The Kier molecular flexibility index (Phi) is 7.31. The lowest BCUT2D eigenvalue weighted by Crippen LogP contribution is -2.09. The van der Waals surface area contributed by atoms with Gasteiger partial charge in [-0.3, -0.25) is 10.5 Å². The summed E-state index contributed by atoms with van der Waals surface area (Å²) in [5.74, 6) is -3.65. The van der Waals surface area contributed by atoms with Gasteiger partial charge in [-0.05, 0) is 0 Å². The van der Waals surface area contributed by atoms with Crippen LogP contribution in [0.1, 0.15) is 0 Å². The number of hydrogen-bond donors (Lipinski definition) is 4. The van der Waals surface area contributed by atoms with E-state index in [9.17, 15) is 0 Å². The van der Waals surface area contributed by atoms with Crippen LogP contribution in [0.25, 0.3) is 0 Å². The van der Waals surface area contributed by atoms with Gasteiger partial charge in [-0.15, -0.1) is 0 Å². The monoisotopic (exact) mass is 124 g/mol. The second kappa shape index (κ2) is 5.86. The van der Waals surface area contributed by atoms with Gasteiger partial charge in [0.1, 0.15) is 0 Å². The topological polar surface area (TPSA) is 115 Å². The fraction of sp³-hybridized carbons (Fsp3) is 0. The zero-order valence-electron chi connectivity index (χ0n) is 3.61. The second-order valence-corrected chi connectivity index (χ2v) is 0.610. The lowest BCUT2D eigenvalue weighted by atomic mass is 10.7. The maximum atomic E-state index is 9.10. The average Bonchev–Trinajstić information content (AvgIpc) is 1.72. The summed E-state index contributed by atoms with van der Waals surface area (Å²) in [6.45, 7) is 0. The van der Waals surface area contributed by atoms with Crippen LogP contribution in [0, 0.1) is 0 Å². The molecule has 0 saturated carbocycles. The standard InChI is InChI=1S/C2H2O4.H2O2/c3-1(4)2(5)6;1-2/h(H,3,4)(H,5,6);1-2H. The van der Waals surface area contributed by atoms with Crippen molar-refractivity contribution in [3.8, 4) is 0 Å². The van der Waals surface area contributed by atoms with Crippen LogP contribution in [0.2, 0.25) is 0 Å².